The first-order valence-electron chi connectivity index (χ1n) is 8.42. The molecule has 3 rings (SSSR count). The average Bonchev–Trinajstić information content (AvgIpc) is 2.71. The molecule has 2 aromatic carbocycles. The molecule has 0 spiro atoms. The highest BCUT2D eigenvalue weighted by Crippen LogP contribution is 2.29. The average molecular weight is 364 g/mol. The van der Waals surface area contributed by atoms with Crippen LogP contribution in [0, 0.1) is 0 Å². The number of benzene rings is 2. The van der Waals surface area contributed by atoms with E-state index in [0.29, 0.717) is 29.4 Å². The Morgan fingerprint density at radius 3 is 2.52 bits per heavy atom. The van der Waals surface area contributed by atoms with E-state index in [1.54, 1.807) is 24.3 Å². The number of anilines is 2. The second kappa shape index (κ2) is 8.66. The van der Waals surface area contributed by atoms with E-state index in [1.807, 2.05) is 18.2 Å². The molecule has 0 aliphatic heterocycles. The molecule has 0 saturated heterocycles. The molecular formula is C20H20N4O3. The maximum Gasteiger partial charge on any atom is 0.337 e. The molecule has 1 aromatic heterocycles. The summed E-state index contributed by atoms with van der Waals surface area (Å²) in [5.74, 6) is 0.858. The number of carbonyl (C=O) groups is 1. The van der Waals surface area contributed by atoms with Crippen LogP contribution in [0.2, 0.25) is 0 Å². The summed E-state index contributed by atoms with van der Waals surface area (Å²) in [5.41, 5.74) is 8.10. The Hall–Kier alpha value is -3.61. The highest BCUT2D eigenvalue weighted by Gasteiger charge is 2.11. The van der Waals surface area contributed by atoms with Crippen LogP contribution in [-0.2, 0) is 11.2 Å². The summed E-state index contributed by atoms with van der Waals surface area (Å²) >= 11 is 0. The van der Waals surface area contributed by atoms with Crippen LogP contribution in [0.3, 0.4) is 0 Å². The maximum absolute atomic E-state index is 11.5. The van der Waals surface area contributed by atoms with Gasteiger partial charge in [-0.05, 0) is 36.2 Å². The number of aromatic nitrogens is 2. The third-order valence-electron chi connectivity index (χ3n) is 3.89. The lowest BCUT2D eigenvalue weighted by Crippen LogP contribution is -2.09. The van der Waals surface area contributed by atoms with Crippen molar-refractivity contribution in [3.63, 3.8) is 0 Å². The van der Waals surface area contributed by atoms with Gasteiger partial charge in [-0.15, -0.1) is 0 Å². The Morgan fingerprint density at radius 2 is 1.81 bits per heavy atom. The van der Waals surface area contributed by atoms with Crippen molar-refractivity contribution in [1.82, 2.24) is 9.97 Å². The summed E-state index contributed by atoms with van der Waals surface area (Å²) in [5, 5.41) is 3.20. The fourth-order valence-electron chi connectivity index (χ4n) is 2.46. The minimum Gasteiger partial charge on any atom is -0.465 e. The quantitative estimate of drug-likeness (QED) is 0.621. The van der Waals surface area contributed by atoms with Gasteiger partial charge >= 0.3 is 5.97 Å². The third kappa shape index (κ3) is 4.72. The van der Waals surface area contributed by atoms with E-state index >= 15 is 0 Å². The van der Waals surface area contributed by atoms with Gasteiger partial charge in [-0.1, -0.05) is 30.3 Å². The molecule has 0 bridgehead atoms. The van der Waals surface area contributed by atoms with E-state index in [1.165, 1.54) is 19.0 Å². The molecule has 0 aliphatic carbocycles. The van der Waals surface area contributed by atoms with Gasteiger partial charge in [0, 0.05) is 6.54 Å². The molecule has 3 N–H and O–H groups in total. The highest BCUT2D eigenvalue weighted by molar-refractivity contribution is 5.89. The Morgan fingerprint density at radius 1 is 1.07 bits per heavy atom. The topological polar surface area (TPSA) is 99.4 Å². The predicted octanol–water partition coefficient (Wildman–Crippen LogP) is 3.29. The van der Waals surface area contributed by atoms with Crippen LogP contribution in [0.15, 0.2) is 60.9 Å². The number of methoxy groups -OCH3 is 1. The first kappa shape index (κ1) is 18.2. The number of carbonyl (C=O) groups excluding carboxylic acids is 1. The normalized spacial score (nSPS) is 10.3. The zero-order chi connectivity index (χ0) is 19.1. The molecule has 0 fully saturated rings. The number of hydrogen-bond donors (Lipinski definition) is 2. The number of nitrogen functional groups attached to an aromatic ring is 1. The van der Waals surface area contributed by atoms with Crippen LogP contribution in [0.5, 0.6) is 11.6 Å². The molecule has 7 heteroatoms. The molecule has 0 radical (unpaired) electrons. The van der Waals surface area contributed by atoms with E-state index in [-0.39, 0.29) is 5.88 Å². The fourth-order valence-corrected chi connectivity index (χ4v) is 2.46. The molecule has 27 heavy (non-hydrogen) atoms. The first-order chi connectivity index (χ1) is 13.2. The van der Waals surface area contributed by atoms with Gasteiger partial charge in [0.15, 0.2) is 5.82 Å². The van der Waals surface area contributed by atoms with Gasteiger partial charge in [0.2, 0.25) is 5.88 Å². The lowest BCUT2D eigenvalue weighted by Gasteiger charge is -2.12. The number of rotatable bonds is 7. The summed E-state index contributed by atoms with van der Waals surface area (Å²) < 4.78 is 10.4. The van der Waals surface area contributed by atoms with Gasteiger partial charge in [0.05, 0.1) is 12.7 Å². The van der Waals surface area contributed by atoms with Crippen LogP contribution in [0.1, 0.15) is 15.9 Å². The van der Waals surface area contributed by atoms with E-state index in [4.69, 9.17) is 10.5 Å². The predicted molar refractivity (Wildman–Crippen MR) is 103 cm³/mol. The smallest absolute Gasteiger partial charge is 0.337 e. The third-order valence-corrected chi connectivity index (χ3v) is 3.89. The number of esters is 1. The van der Waals surface area contributed by atoms with Crippen molar-refractivity contribution >= 4 is 17.5 Å². The second-order valence-corrected chi connectivity index (χ2v) is 5.72. The lowest BCUT2D eigenvalue weighted by molar-refractivity contribution is 0.0600. The van der Waals surface area contributed by atoms with Crippen molar-refractivity contribution in [2.75, 3.05) is 24.7 Å². The summed E-state index contributed by atoms with van der Waals surface area (Å²) in [6.45, 7) is 0.679. The van der Waals surface area contributed by atoms with E-state index in [9.17, 15) is 4.79 Å². The maximum atomic E-state index is 11.5. The minimum atomic E-state index is -0.409. The van der Waals surface area contributed by atoms with Gasteiger partial charge in [0.1, 0.15) is 17.8 Å². The van der Waals surface area contributed by atoms with Gasteiger partial charge in [-0.3, -0.25) is 0 Å². The number of nitrogens with one attached hydrogen (secondary N) is 1. The molecule has 0 saturated carbocycles. The number of nitrogens with two attached hydrogens (primary N) is 1. The number of hydrogen-bond acceptors (Lipinski definition) is 7. The molecule has 0 aliphatic rings. The van der Waals surface area contributed by atoms with Crippen molar-refractivity contribution in [3.05, 3.63) is 72.1 Å². The zero-order valence-corrected chi connectivity index (χ0v) is 14.9. The molecule has 0 amide bonds. The number of nitrogens with zero attached hydrogens (tertiary/aromatic N) is 2. The van der Waals surface area contributed by atoms with Gasteiger partial charge in [0.25, 0.3) is 0 Å². The van der Waals surface area contributed by atoms with Crippen molar-refractivity contribution in [1.29, 1.82) is 0 Å². The van der Waals surface area contributed by atoms with E-state index < -0.39 is 5.97 Å². The van der Waals surface area contributed by atoms with E-state index in [0.717, 1.165) is 6.42 Å². The highest BCUT2D eigenvalue weighted by atomic mass is 16.5. The molecule has 138 valence electrons. The SMILES string of the molecule is COC(=O)c1ccc(Oc2ncnc(NCCc3ccccc3)c2N)cc1. The van der Waals surface area contributed by atoms with Crippen molar-refractivity contribution in [2.24, 2.45) is 0 Å². The Labute approximate surface area is 157 Å². The van der Waals surface area contributed by atoms with Crippen LogP contribution in [-0.4, -0.2) is 29.6 Å². The summed E-state index contributed by atoms with van der Waals surface area (Å²) in [7, 11) is 1.33. The summed E-state index contributed by atoms with van der Waals surface area (Å²) in [6, 6.07) is 16.6. The van der Waals surface area contributed by atoms with Crippen LogP contribution < -0.4 is 15.8 Å². The van der Waals surface area contributed by atoms with Crippen LogP contribution in [0.25, 0.3) is 0 Å². The van der Waals surface area contributed by atoms with Crippen LogP contribution in [0.4, 0.5) is 11.5 Å². The van der Waals surface area contributed by atoms with Crippen molar-refractivity contribution in [2.45, 2.75) is 6.42 Å². The van der Waals surface area contributed by atoms with Crippen molar-refractivity contribution < 1.29 is 14.3 Å². The fraction of sp³-hybridized carbons (Fsp3) is 0.150. The molecule has 7 nitrogen and oxygen atoms in total. The zero-order valence-electron chi connectivity index (χ0n) is 14.9. The lowest BCUT2D eigenvalue weighted by atomic mass is 10.1. The second-order valence-electron chi connectivity index (χ2n) is 5.72. The van der Waals surface area contributed by atoms with Gasteiger partial charge < -0.3 is 20.5 Å². The Bertz CT molecular complexity index is 899. The van der Waals surface area contributed by atoms with Gasteiger partial charge in [-0.25, -0.2) is 9.78 Å². The standard InChI is InChI=1S/C20H20N4O3/c1-26-20(25)15-7-9-16(10-8-15)27-19-17(21)18(23-13-24-19)22-12-11-14-5-3-2-4-6-14/h2-10,13H,11-12,21H2,1H3,(H,22,23,24). The van der Waals surface area contributed by atoms with E-state index in [2.05, 4.69) is 32.2 Å². The minimum absolute atomic E-state index is 0.248. The van der Waals surface area contributed by atoms with Gasteiger partial charge in [-0.2, -0.15) is 4.98 Å². The van der Waals surface area contributed by atoms with Crippen LogP contribution >= 0.6 is 0 Å². The Balaban J connectivity index is 1.64. The first-order valence-corrected chi connectivity index (χ1v) is 8.42. The molecule has 0 unspecified atom stereocenters. The molecule has 3 aromatic rings. The Kier molecular flexibility index (Phi) is 5.84. The summed E-state index contributed by atoms with van der Waals surface area (Å²) in [4.78, 5) is 19.7. The summed E-state index contributed by atoms with van der Waals surface area (Å²) in [6.07, 6.45) is 2.23. The molecular weight excluding hydrogens is 344 g/mol. The molecule has 1 heterocycles. The largest absolute Gasteiger partial charge is 0.465 e. The number of ether oxygens (including phenoxy) is 2. The monoisotopic (exact) mass is 364 g/mol. The molecule has 0 atom stereocenters. The van der Waals surface area contributed by atoms with Crippen molar-refractivity contribution in [3.8, 4) is 11.6 Å².